The Balaban J connectivity index is 1.91. The summed E-state index contributed by atoms with van der Waals surface area (Å²) in [5.41, 5.74) is 1.69. The summed E-state index contributed by atoms with van der Waals surface area (Å²) in [6, 6.07) is 4.56. The maximum atomic E-state index is 13.2. The summed E-state index contributed by atoms with van der Waals surface area (Å²) in [4.78, 5) is 13.8. The van der Waals surface area contributed by atoms with Gasteiger partial charge in [-0.2, -0.15) is 0 Å². The lowest BCUT2D eigenvalue weighted by molar-refractivity contribution is -0.123. The molecule has 0 N–H and O–H groups in total. The number of carbonyl (C=O) groups excluding carboxylic acids is 1. The summed E-state index contributed by atoms with van der Waals surface area (Å²) in [7, 11) is 0. The van der Waals surface area contributed by atoms with Crippen LogP contribution >= 0.6 is 0 Å². The molecular formula is C15H20FNO3. The number of carbonyl (C=O) groups is 1. The van der Waals surface area contributed by atoms with Gasteiger partial charge in [0.1, 0.15) is 12.4 Å². The van der Waals surface area contributed by atoms with Crippen molar-refractivity contribution in [2.24, 2.45) is 0 Å². The average Bonchev–Trinajstić information content (AvgIpc) is 2.46. The monoisotopic (exact) mass is 281 g/mol. The van der Waals surface area contributed by atoms with Gasteiger partial charge in [0.2, 0.25) is 0 Å². The molecule has 0 bridgehead atoms. The van der Waals surface area contributed by atoms with Gasteiger partial charge in [-0.1, -0.05) is 0 Å². The predicted octanol–water partition coefficient (Wildman–Crippen LogP) is 2.16. The molecule has 1 heterocycles. The third-order valence-electron chi connectivity index (χ3n) is 3.26. The molecule has 0 aromatic heterocycles. The van der Waals surface area contributed by atoms with E-state index < -0.39 is 0 Å². The van der Waals surface area contributed by atoms with Crippen LogP contribution in [0.25, 0.3) is 0 Å². The quantitative estimate of drug-likeness (QED) is 0.750. The van der Waals surface area contributed by atoms with Crippen LogP contribution in [0.3, 0.4) is 0 Å². The van der Waals surface area contributed by atoms with Crippen LogP contribution in [0, 0.1) is 5.82 Å². The summed E-state index contributed by atoms with van der Waals surface area (Å²) in [5, 5.41) is 0. The molecule has 0 radical (unpaired) electrons. The molecular weight excluding hydrogens is 261 g/mol. The first-order valence-corrected chi connectivity index (χ1v) is 6.96. The molecule has 0 spiro atoms. The zero-order valence-corrected chi connectivity index (χ0v) is 11.7. The highest BCUT2D eigenvalue weighted by atomic mass is 19.1. The number of aryl methyl sites for hydroxylation is 1. The lowest BCUT2D eigenvalue weighted by Gasteiger charge is -2.29. The fourth-order valence-electron chi connectivity index (χ4n) is 2.32. The number of benzene rings is 1. The van der Waals surface area contributed by atoms with E-state index in [0.717, 1.165) is 24.1 Å². The number of amides is 1. The van der Waals surface area contributed by atoms with E-state index in [1.807, 2.05) is 6.92 Å². The highest BCUT2D eigenvalue weighted by Gasteiger charge is 2.22. The van der Waals surface area contributed by atoms with Gasteiger partial charge in [0.25, 0.3) is 5.91 Å². The van der Waals surface area contributed by atoms with Crippen molar-refractivity contribution in [2.45, 2.75) is 19.8 Å². The Hall–Kier alpha value is -1.46. The number of hydrogen-bond donors (Lipinski definition) is 0. The predicted molar refractivity (Wildman–Crippen MR) is 74.4 cm³/mol. The van der Waals surface area contributed by atoms with Crippen LogP contribution in [-0.4, -0.2) is 38.9 Å². The van der Waals surface area contributed by atoms with E-state index in [2.05, 4.69) is 0 Å². The Morgan fingerprint density at radius 3 is 2.95 bits per heavy atom. The molecule has 20 heavy (non-hydrogen) atoms. The molecule has 0 unspecified atom stereocenters. The van der Waals surface area contributed by atoms with E-state index in [4.69, 9.17) is 9.47 Å². The molecule has 2 rings (SSSR count). The highest BCUT2D eigenvalue weighted by Crippen LogP contribution is 2.27. The summed E-state index contributed by atoms with van der Waals surface area (Å²) >= 11 is 0. The maximum Gasteiger partial charge on any atom is 0.252 e. The van der Waals surface area contributed by atoms with Gasteiger partial charge in [0.05, 0.1) is 13.2 Å². The Labute approximate surface area is 118 Å². The van der Waals surface area contributed by atoms with E-state index in [1.54, 1.807) is 11.0 Å². The number of rotatable bonds is 6. The molecule has 1 aliphatic rings. The first-order valence-electron chi connectivity index (χ1n) is 6.96. The molecule has 1 aromatic carbocycles. The molecule has 1 amide bonds. The number of hydrogen-bond acceptors (Lipinski definition) is 3. The van der Waals surface area contributed by atoms with Gasteiger partial charge >= 0.3 is 0 Å². The lowest BCUT2D eigenvalue weighted by atomic mass is 10.0. The molecule has 1 aliphatic heterocycles. The Morgan fingerprint density at radius 1 is 1.35 bits per heavy atom. The number of halogens is 1. The van der Waals surface area contributed by atoms with E-state index >= 15 is 0 Å². The molecule has 110 valence electrons. The second-order valence-electron chi connectivity index (χ2n) is 4.67. The van der Waals surface area contributed by atoms with E-state index in [0.29, 0.717) is 26.4 Å². The van der Waals surface area contributed by atoms with E-state index in [1.165, 1.54) is 12.1 Å². The Morgan fingerprint density at radius 2 is 2.15 bits per heavy atom. The number of fused-ring (bicyclic) bond motifs is 1. The van der Waals surface area contributed by atoms with Gasteiger partial charge in [0.15, 0.2) is 0 Å². The maximum absolute atomic E-state index is 13.2. The molecule has 4 nitrogen and oxygen atoms in total. The van der Waals surface area contributed by atoms with Crippen molar-refractivity contribution >= 4 is 11.6 Å². The molecule has 1 aromatic rings. The van der Waals surface area contributed by atoms with Gasteiger partial charge in [-0.25, -0.2) is 4.39 Å². The average molecular weight is 281 g/mol. The normalized spacial score (nSPS) is 14.2. The van der Waals surface area contributed by atoms with Crippen molar-refractivity contribution < 1.29 is 18.7 Å². The third kappa shape index (κ3) is 3.77. The van der Waals surface area contributed by atoms with Gasteiger partial charge in [-0.05, 0) is 43.5 Å². The second kappa shape index (κ2) is 7.36. The van der Waals surface area contributed by atoms with Crippen LogP contribution in [0.2, 0.25) is 0 Å². The van der Waals surface area contributed by atoms with Crippen LogP contribution in [0.15, 0.2) is 18.2 Å². The summed E-state index contributed by atoms with van der Waals surface area (Å²) in [6.07, 6.45) is 1.66. The summed E-state index contributed by atoms with van der Waals surface area (Å²) in [5.74, 6) is -0.347. The zero-order valence-electron chi connectivity index (χ0n) is 11.7. The van der Waals surface area contributed by atoms with Crippen molar-refractivity contribution in [1.29, 1.82) is 0 Å². The van der Waals surface area contributed by atoms with Gasteiger partial charge in [-0.15, -0.1) is 0 Å². The fraction of sp³-hybridized carbons (Fsp3) is 0.533. The SMILES string of the molecule is CCOCCOCC(=O)N1CCCc2cc(F)ccc21. The van der Waals surface area contributed by atoms with E-state index in [-0.39, 0.29) is 18.3 Å². The molecule has 0 saturated heterocycles. The first-order chi connectivity index (χ1) is 9.72. The Bertz CT molecular complexity index is 464. The van der Waals surface area contributed by atoms with Crippen LogP contribution in [0.4, 0.5) is 10.1 Å². The number of ether oxygens (including phenoxy) is 2. The third-order valence-corrected chi connectivity index (χ3v) is 3.26. The first kappa shape index (κ1) is 14.9. The topological polar surface area (TPSA) is 38.8 Å². The van der Waals surface area contributed by atoms with Crippen LogP contribution in [0.1, 0.15) is 18.9 Å². The van der Waals surface area contributed by atoms with Crippen LogP contribution in [-0.2, 0) is 20.7 Å². The Kier molecular flexibility index (Phi) is 5.49. The minimum absolute atomic E-state index is 0.0316. The largest absolute Gasteiger partial charge is 0.379 e. The van der Waals surface area contributed by atoms with Gasteiger partial charge in [-0.3, -0.25) is 4.79 Å². The summed E-state index contributed by atoms with van der Waals surface area (Å²) in [6.45, 7) is 4.14. The smallest absolute Gasteiger partial charge is 0.252 e. The molecule has 0 fully saturated rings. The van der Waals surface area contributed by atoms with Gasteiger partial charge in [0, 0.05) is 18.8 Å². The minimum Gasteiger partial charge on any atom is -0.379 e. The molecule has 0 saturated carbocycles. The standard InChI is InChI=1S/C15H20FNO3/c1-2-19-8-9-20-11-15(18)17-7-3-4-12-10-13(16)5-6-14(12)17/h5-6,10H,2-4,7-9,11H2,1H3. The van der Waals surface area contributed by atoms with Crippen molar-refractivity contribution in [3.63, 3.8) is 0 Å². The van der Waals surface area contributed by atoms with E-state index in [9.17, 15) is 9.18 Å². The fourth-order valence-corrected chi connectivity index (χ4v) is 2.32. The van der Waals surface area contributed by atoms with Crippen molar-refractivity contribution in [2.75, 3.05) is 37.9 Å². The van der Waals surface area contributed by atoms with Crippen molar-refractivity contribution in [1.82, 2.24) is 0 Å². The molecule has 5 heteroatoms. The molecule has 0 atom stereocenters. The number of anilines is 1. The second-order valence-corrected chi connectivity index (χ2v) is 4.67. The number of nitrogens with zero attached hydrogens (tertiary/aromatic N) is 1. The minimum atomic E-state index is -0.258. The zero-order chi connectivity index (χ0) is 14.4. The van der Waals surface area contributed by atoms with Crippen LogP contribution in [0.5, 0.6) is 0 Å². The van der Waals surface area contributed by atoms with Crippen molar-refractivity contribution in [3.05, 3.63) is 29.6 Å². The van der Waals surface area contributed by atoms with Gasteiger partial charge < -0.3 is 14.4 Å². The summed E-state index contributed by atoms with van der Waals surface area (Å²) < 4.78 is 23.6. The van der Waals surface area contributed by atoms with Crippen LogP contribution < -0.4 is 4.90 Å². The molecule has 0 aliphatic carbocycles. The van der Waals surface area contributed by atoms with Crippen molar-refractivity contribution in [3.8, 4) is 0 Å². The highest BCUT2D eigenvalue weighted by molar-refractivity contribution is 5.95. The lowest BCUT2D eigenvalue weighted by Crippen LogP contribution is -2.38.